The van der Waals surface area contributed by atoms with Gasteiger partial charge in [0, 0.05) is 32.5 Å². The molecular formula is C21H22N6O4S. The van der Waals surface area contributed by atoms with E-state index in [1.165, 1.54) is 14.1 Å². The first-order valence-corrected chi connectivity index (χ1v) is 11.2. The van der Waals surface area contributed by atoms with Crippen molar-refractivity contribution in [3.63, 3.8) is 0 Å². The number of aromatic amines is 1. The van der Waals surface area contributed by atoms with Crippen LogP contribution in [0.5, 0.6) is 0 Å². The number of nitrogens with one attached hydrogen (secondary N) is 3. The quantitative estimate of drug-likeness (QED) is 0.374. The molecule has 0 saturated heterocycles. The number of rotatable bonds is 8. The van der Waals surface area contributed by atoms with Gasteiger partial charge in [0.15, 0.2) is 5.65 Å². The Labute approximate surface area is 184 Å². The van der Waals surface area contributed by atoms with Crippen molar-refractivity contribution in [2.75, 3.05) is 25.4 Å². The number of anilines is 1. The minimum Gasteiger partial charge on any atom is -0.472 e. The zero-order valence-corrected chi connectivity index (χ0v) is 18.3. The molecule has 0 saturated carbocycles. The molecule has 0 bridgehead atoms. The maximum absolute atomic E-state index is 12.7. The summed E-state index contributed by atoms with van der Waals surface area (Å²) in [6.07, 6.45) is 5.25. The molecule has 0 atom stereocenters. The Morgan fingerprint density at radius 3 is 2.62 bits per heavy atom. The first-order chi connectivity index (χ1) is 15.3. The predicted octanol–water partition coefficient (Wildman–Crippen LogP) is 2.41. The number of furan rings is 1. The molecule has 3 N–H and O–H groups in total. The minimum absolute atomic E-state index is 0.241. The van der Waals surface area contributed by atoms with Crippen molar-refractivity contribution in [1.29, 1.82) is 0 Å². The molecule has 4 rings (SSSR count). The summed E-state index contributed by atoms with van der Waals surface area (Å²) in [7, 11) is -0.634. The van der Waals surface area contributed by atoms with Crippen molar-refractivity contribution in [1.82, 2.24) is 24.6 Å². The Hall–Kier alpha value is -3.70. The summed E-state index contributed by atoms with van der Waals surface area (Å²) in [5, 5.41) is 2.90. The van der Waals surface area contributed by atoms with Crippen LogP contribution in [0.2, 0.25) is 0 Å². The third-order valence-corrected chi connectivity index (χ3v) is 6.27. The highest BCUT2D eigenvalue weighted by atomic mass is 32.2. The standard InChI is InChI=1S/C21H22N6O4S/c1-27(2)32(29,30)26-16-5-3-14(4-6-16)7-10-23-21(28)17-8-11-22-20-18(17)24-19(25-20)15-9-12-31-13-15/h3-6,8-9,11-13,26H,7,10H2,1-2H3,(H,23,28)(H,22,24,25). The van der Waals surface area contributed by atoms with Gasteiger partial charge in [-0.25, -0.2) is 9.97 Å². The van der Waals surface area contributed by atoms with Crippen LogP contribution in [0.15, 0.2) is 59.5 Å². The third kappa shape index (κ3) is 4.63. The van der Waals surface area contributed by atoms with E-state index < -0.39 is 10.2 Å². The van der Waals surface area contributed by atoms with Gasteiger partial charge in [-0.05, 0) is 36.2 Å². The van der Waals surface area contributed by atoms with Gasteiger partial charge >= 0.3 is 10.2 Å². The molecule has 10 nitrogen and oxygen atoms in total. The molecule has 1 amide bonds. The van der Waals surface area contributed by atoms with E-state index in [0.717, 1.165) is 15.4 Å². The lowest BCUT2D eigenvalue weighted by Crippen LogP contribution is -2.28. The number of amides is 1. The van der Waals surface area contributed by atoms with Crippen LogP contribution in [0.1, 0.15) is 15.9 Å². The second kappa shape index (κ2) is 8.81. The van der Waals surface area contributed by atoms with Crippen molar-refractivity contribution in [3.05, 3.63) is 66.2 Å². The van der Waals surface area contributed by atoms with E-state index in [2.05, 4.69) is 25.0 Å². The fourth-order valence-electron chi connectivity index (χ4n) is 3.03. The summed E-state index contributed by atoms with van der Waals surface area (Å²) in [5.41, 5.74) is 3.65. The lowest BCUT2D eigenvalue weighted by Gasteiger charge is -2.13. The van der Waals surface area contributed by atoms with E-state index in [1.807, 2.05) is 12.1 Å². The number of aromatic nitrogens is 3. The van der Waals surface area contributed by atoms with Crippen LogP contribution in [0.3, 0.4) is 0 Å². The number of carbonyl (C=O) groups excluding carboxylic acids is 1. The zero-order chi connectivity index (χ0) is 22.7. The van der Waals surface area contributed by atoms with Crippen molar-refractivity contribution >= 4 is 33.0 Å². The molecule has 0 aliphatic heterocycles. The molecule has 3 aromatic heterocycles. The van der Waals surface area contributed by atoms with Crippen molar-refractivity contribution in [2.24, 2.45) is 0 Å². The van der Waals surface area contributed by atoms with E-state index >= 15 is 0 Å². The summed E-state index contributed by atoms with van der Waals surface area (Å²) < 4.78 is 32.4. The van der Waals surface area contributed by atoms with Crippen LogP contribution in [0, 0.1) is 0 Å². The number of nitrogens with zero attached hydrogens (tertiary/aromatic N) is 3. The SMILES string of the molecule is CN(C)S(=O)(=O)Nc1ccc(CCNC(=O)c2ccnc3nc(-c4ccoc4)[nH]c23)cc1. The number of imidazole rings is 1. The van der Waals surface area contributed by atoms with E-state index in [-0.39, 0.29) is 5.91 Å². The fraction of sp³-hybridized carbons (Fsp3) is 0.190. The first kappa shape index (κ1) is 21.5. The largest absolute Gasteiger partial charge is 0.472 e. The van der Waals surface area contributed by atoms with Crippen molar-refractivity contribution < 1.29 is 17.6 Å². The first-order valence-electron chi connectivity index (χ1n) is 9.78. The van der Waals surface area contributed by atoms with Crippen LogP contribution in [-0.2, 0) is 16.6 Å². The van der Waals surface area contributed by atoms with Gasteiger partial charge in [-0.15, -0.1) is 0 Å². The van der Waals surface area contributed by atoms with E-state index in [0.29, 0.717) is 41.2 Å². The fourth-order valence-corrected chi connectivity index (χ4v) is 3.65. The van der Waals surface area contributed by atoms with Gasteiger partial charge < -0.3 is 14.7 Å². The number of carbonyl (C=O) groups is 1. The predicted molar refractivity (Wildman–Crippen MR) is 120 cm³/mol. The van der Waals surface area contributed by atoms with Crippen molar-refractivity contribution in [2.45, 2.75) is 6.42 Å². The number of benzene rings is 1. The molecule has 0 spiro atoms. The molecule has 0 radical (unpaired) electrons. The van der Waals surface area contributed by atoms with E-state index in [1.54, 1.807) is 43.0 Å². The van der Waals surface area contributed by atoms with Crippen LogP contribution >= 0.6 is 0 Å². The molecule has 4 aromatic rings. The summed E-state index contributed by atoms with van der Waals surface area (Å²) in [4.78, 5) is 24.5. The highest BCUT2D eigenvalue weighted by molar-refractivity contribution is 7.90. The highest BCUT2D eigenvalue weighted by Gasteiger charge is 2.16. The highest BCUT2D eigenvalue weighted by Crippen LogP contribution is 2.22. The lowest BCUT2D eigenvalue weighted by atomic mass is 10.1. The average molecular weight is 455 g/mol. The van der Waals surface area contributed by atoms with Gasteiger partial charge in [-0.3, -0.25) is 9.52 Å². The lowest BCUT2D eigenvalue weighted by molar-refractivity contribution is 0.0955. The molecule has 0 aliphatic carbocycles. The van der Waals surface area contributed by atoms with Gasteiger partial charge in [0.05, 0.1) is 22.9 Å². The van der Waals surface area contributed by atoms with E-state index in [4.69, 9.17) is 4.42 Å². The van der Waals surface area contributed by atoms with Crippen LogP contribution in [-0.4, -0.2) is 54.2 Å². The van der Waals surface area contributed by atoms with Gasteiger partial charge in [-0.1, -0.05) is 12.1 Å². The normalized spacial score (nSPS) is 11.7. The molecule has 32 heavy (non-hydrogen) atoms. The Balaban J connectivity index is 1.39. The van der Waals surface area contributed by atoms with E-state index in [9.17, 15) is 13.2 Å². The molecule has 0 unspecified atom stereocenters. The topological polar surface area (TPSA) is 133 Å². The van der Waals surface area contributed by atoms with Gasteiger partial charge in [-0.2, -0.15) is 12.7 Å². The Bertz CT molecular complexity index is 1330. The summed E-state index contributed by atoms with van der Waals surface area (Å²) in [5.74, 6) is 0.335. The molecule has 1 aromatic carbocycles. The second-order valence-corrected chi connectivity index (χ2v) is 9.13. The summed E-state index contributed by atoms with van der Waals surface area (Å²) in [6.45, 7) is 0.411. The monoisotopic (exact) mass is 454 g/mol. The molecule has 11 heteroatoms. The molecule has 3 heterocycles. The summed E-state index contributed by atoms with van der Waals surface area (Å²) >= 11 is 0. The number of pyridine rings is 1. The molecule has 0 fully saturated rings. The number of fused-ring (bicyclic) bond motifs is 1. The minimum atomic E-state index is -3.55. The zero-order valence-electron chi connectivity index (χ0n) is 17.5. The molecular weight excluding hydrogens is 432 g/mol. The number of hydrogen-bond donors (Lipinski definition) is 3. The third-order valence-electron chi connectivity index (χ3n) is 4.81. The molecule has 166 valence electrons. The van der Waals surface area contributed by atoms with Crippen LogP contribution in [0.25, 0.3) is 22.6 Å². The number of hydrogen-bond acceptors (Lipinski definition) is 6. The second-order valence-electron chi connectivity index (χ2n) is 7.25. The smallest absolute Gasteiger partial charge is 0.301 e. The Morgan fingerprint density at radius 2 is 1.94 bits per heavy atom. The summed E-state index contributed by atoms with van der Waals surface area (Å²) in [6, 6.07) is 10.4. The number of H-pyrrole nitrogens is 1. The Morgan fingerprint density at radius 1 is 1.16 bits per heavy atom. The Kier molecular flexibility index (Phi) is 5.93. The maximum Gasteiger partial charge on any atom is 0.301 e. The molecule has 0 aliphatic rings. The van der Waals surface area contributed by atoms with Gasteiger partial charge in [0.1, 0.15) is 12.1 Å². The average Bonchev–Trinajstić information content (AvgIpc) is 3.44. The van der Waals surface area contributed by atoms with Crippen molar-refractivity contribution in [3.8, 4) is 11.4 Å². The van der Waals surface area contributed by atoms with Crippen LogP contribution in [0.4, 0.5) is 5.69 Å². The van der Waals surface area contributed by atoms with Gasteiger partial charge in [0.25, 0.3) is 5.91 Å². The van der Waals surface area contributed by atoms with Gasteiger partial charge in [0.2, 0.25) is 0 Å². The van der Waals surface area contributed by atoms with Crippen LogP contribution < -0.4 is 10.0 Å². The maximum atomic E-state index is 12.7.